The largest absolute Gasteiger partial charge is 0.447 e. The minimum Gasteiger partial charge on any atom is -0.447 e. The molecule has 0 saturated heterocycles. The van der Waals surface area contributed by atoms with Crippen molar-refractivity contribution in [3.8, 4) is 0 Å². The van der Waals surface area contributed by atoms with Crippen LogP contribution in [0.2, 0.25) is 0 Å². The number of esters is 1. The molecule has 0 spiro atoms. The zero-order valence-electron chi connectivity index (χ0n) is 19.5. The van der Waals surface area contributed by atoms with Crippen LogP contribution in [0.5, 0.6) is 0 Å². The summed E-state index contributed by atoms with van der Waals surface area (Å²) in [5, 5.41) is 21.4. The summed E-state index contributed by atoms with van der Waals surface area (Å²) in [6.45, 7) is 3.22. The number of hydrogen-bond donors (Lipinski definition) is 2. The van der Waals surface area contributed by atoms with Gasteiger partial charge in [0.15, 0.2) is 11.4 Å². The summed E-state index contributed by atoms with van der Waals surface area (Å²) < 4.78 is 6.03. The average molecular weight is 463 g/mol. The molecule has 2 N–H and O–H groups in total. The average Bonchev–Trinajstić information content (AvgIpc) is 3.11. The van der Waals surface area contributed by atoms with Gasteiger partial charge in [0.2, 0.25) is 5.78 Å². The van der Waals surface area contributed by atoms with E-state index in [1.54, 1.807) is 42.5 Å². The second kappa shape index (κ2) is 7.85. The van der Waals surface area contributed by atoms with Crippen molar-refractivity contribution in [2.45, 2.75) is 57.7 Å². The summed E-state index contributed by atoms with van der Waals surface area (Å²) in [5.41, 5.74) is 0.451. The Morgan fingerprint density at radius 2 is 1.88 bits per heavy atom. The molecule has 0 unspecified atom stereocenters. The predicted molar refractivity (Wildman–Crippen MR) is 125 cm³/mol. The lowest BCUT2D eigenvalue weighted by Crippen LogP contribution is -2.58. The molecule has 4 aliphatic carbocycles. The molecule has 0 radical (unpaired) electrons. The van der Waals surface area contributed by atoms with Crippen molar-refractivity contribution in [2.24, 2.45) is 16.7 Å². The Morgan fingerprint density at radius 1 is 1.15 bits per heavy atom. The molecule has 0 heterocycles. The highest BCUT2D eigenvalue weighted by atomic mass is 16.6. The highest BCUT2D eigenvalue weighted by molar-refractivity contribution is 6.01. The molecule has 0 bridgehead atoms. The molecule has 5 rings (SSSR count). The lowest BCUT2D eigenvalue weighted by atomic mass is 9.52. The van der Waals surface area contributed by atoms with Crippen molar-refractivity contribution in [2.75, 3.05) is 6.61 Å². The van der Waals surface area contributed by atoms with Gasteiger partial charge in [-0.05, 0) is 74.8 Å². The number of ketones is 2. The first-order chi connectivity index (χ1) is 16.2. The minimum atomic E-state index is -1.52. The van der Waals surface area contributed by atoms with E-state index in [2.05, 4.69) is 0 Å². The Hall–Kier alpha value is -2.83. The number of hydrogen-bond acceptors (Lipinski definition) is 6. The normalized spacial score (nSPS) is 36.4. The predicted octanol–water partition coefficient (Wildman–Crippen LogP) is 3.49. The van der Waals surface area contributed by atoms with Crippen molar-refractivity contribution >= 4 is 17.5 Å². The molecule has 0 aromatic heterocycles. The Kier molecular flexibility index (Phi) is 5.30. The zero-order chi connectivity index (χ0) is 24.3. The Morgan fingerprint density at radius 3 is 2.59 bits per heavy atom. The van der Waals surface area contributed by atoms with Gasteiger partial charge in [-0.25, -0.2) is 4.79 Å². The Balaban J connectivity index is 1.59. The van der Waals surface area contributed by atoms with E-state index in [1.165, 1.54) is 0 Å². The van der Waals surface area contributed by atoms with Gasteiger partial charge in [0.1, 0.15) is 6.61 Å². The first-order valence-corrected chi connectivity index (χ1v) is 11.9. The van der Waals surface area contributed by atoms with E-state index in [-0.39, 0.29) is 18.1 Å². The number of aliphatic hydroxyl groups is 2. The van der Waals surface area contributed by atoms with Gasteiger partial charge in [0.25, 0.3) is 0 Å². The number of carbonyl (C=O) groups excluding carboxylic acids is 3. The first-order valence-electron chi connectivity index (χ1n) is 11.9. The highest BCUT2D eigenvalue weighted by Crippen LogP contribution is 2.65. The number of rotatable bonds is 4. The molecule has 1 aromatic rings. The van der Waals surface area contributed by atoms with E-state index in [4.69, 9.17) is 4.74 Å². The second-order valence-corrected chi connectivity index (χ2v) is 10.4. The van der Waals surface area contributed by atoms with Crippen molar-refractivity contribution in [1.29, 1.82) is 0 Å². The minimum absolute atomic E-state index is 0.0343. The molecule has 1 saturated carbocycles. The van der Waals surface area contributed by atoms with E-state index in [0.717, 1.165) is 16.7 Å². The number of fused-ring (bicyclic) bond motifs is 4. The van der Waals surface area contributed by atoms with Gasteiger partial charge in [-0.3, -0.25) is 9.59 Å². The van der Waals surface area contributed by atoms with Crippen LogP contribution in [0.3, 0.4) is 0 Å². The lowest BCUT2D eigenvalue weighted by molar-refractivity contribution is -0.158. The molecule has 1 aromatic carbocycles. The second-order valence-electron chi connectivity index (χ2n) is 10.4. The summed E-state index contributed by atoms with van der Waals surface area (Å²) in [4.78, 5) is 38.4. The van der Waals surface area contributed by atoms with Crippen LogP contribution in [0.1, 0.15) is 56.3 Å². The zero-order valence-corrected chi connectivity index (χ0v) is 19.5. The van der Waals surface area contributed by atoms with Crippen LogP contribution in [0, 0.1) is 16.7 Å². The molecule has 1 fully saturated rings. The van der Waals surface area contributed by atoms with Crippen LogP contribution < -0.4 is 0 Å². The van der Waals surface area contributed by atoms with Gasteiger partial charge < -0.3 is 14.9 Å². The molecule has 4 aliphatic rings. The first kappa shape index (κ1) is 22.9. The molecule has 34 heavy (non-hydrogen) atoms. The fraction of sp³-hybridized carbons (Fsp3) is 0.464. The standard InChI is InChI=1S/C28H30O6/c1-26-12-10-19(30)14-18(26)8-9-20-21-11-13-28(23(32)16-29,27(21,2)15-22(31)24(20)26)34-25(33)17-6-4-3-5-7-17/h3-7,10,12,14,21-22,29,31H,8-9,11,13,15-16H2,1-2H3/t21-,22-,26-,27-,28-/m0/s1. The summed E-state index contributed by atoms with van der Waals surface area (Å²) in [6, 6.07) is 8.53. The molecule has 5 atom stereocenters. The Bertz CT molecular complexity index is 1160. The molecular weight excluding hydrogens is 432 g/mol. The van der Waals surface area contributed by atoms with Crippen LogP contribution in [-0.2, 0) is 14.3 Å². The third-order valence-electron chi connectivity index (χ3n) is 8.85. The van der Waals surface area contributed by atoms with Crippen molar-refractivity contribution < 1.29 is 29.3 Å². The summed E-state index contributed by atoms with van der Waals surface area (Å²) in [5.74, 6) is -1.24. The van der Waals surface area contributed by atoms with Gasteiger partial charge in [0.05, 0.1) is 11.7 Å². The van der Waals surface area contributed by atoms with Crippen molar-refractivity contribution in [3.05, 3.63) is 70.8 Å². The van der Waals surface area contributed by atoms with E-state index in [0.29, 0.717) is 31.2 Å². The summed E-state index contributed by atoms with van der Waals surface area (Å²) in [6.07, 6.45) is 6.81. The molecule has 6 heteroatoms. The van der Waals surface area contributed by atoms with Crippen LogP contribution in [-0.4, -0.2) is 46.1 Å². The number of ether oxygens (including phenoxy) is 1. The smallest absolute Gasteiger partial charge is 0.339 e. The van der Waals surface area contributed by atoms with Crippen LogP contribution >= 0.6 is 0 Å². The summed E-state index contributed by atoms with van der Waals surface area (Å²) in [7, 11) is 0. The van der Waals surface area contributed by atoms with Crippen LogP contribution in [0.15, 0.2) is 65.3 Å². The number of allylic oxidation sites excluding steroid dienone is 5. The fourth-order valence-electron chi connectivity index (χ4n) is 7.18. The Labute approximate surface area is 199 Å². The van der Waals surface area contributed by atoms with E-state index >= 15 is 0 Å². The molecule has 6 nitrogen and oxygen atoms in total. The molecular formula is C28H30O6. The third-order valence-corrected chi connectivity index (χ3v) is 8.85. The third kappa shape index (κ3) is 3.05. The van der Waals surface area contributed by atoms with Gasteiger partial charge >= 0.3 is 5.97 Å². The maximum atomic E-state index is 13.3. The SMILES string of the molecule is C[C@]12C=CC(=O)C=C1CCC1=C2[C@@H](O)C[C@@]2(C)[C@H]1CC[C@]2(OC(=O)c1ccccc1)C(=O)CO. The van der Waals surface area contributed by atoms with E-state index in [9.17, 15) is 24.6 Å². The number of Topliss-reactive ketones (excluding diaryl/α,β-unsaturated/α-hetero) is 1. The van der Waals surface area contributed by atoms with Gasteiger partial charge in [-0.15, -0.1) is 0 Å². The fourth-order valence-corrected chi connectivity index (χ4v) is 7.18. The maximum absolute atomic E-state index is 13.3. The van der Waals surface area contributed by atoms with Crippen LogP contribution in [0.25, 0.3) is 0 Å². The topological polar surface area (TPSA) is 101 Å². The number of benzene rings is 1. The molecule has 0 amide bonds. The van der Waals surface area contributed by atoms with Crippen molar-refractivity contribution in [1.82, 2.24) is 0 Å². The number of aliphatic hydroxyl groups excluding tert-OH is 2. The number of carbonyl (C=O) groups is 3. The van der Waals surface area contributed by atoms with Crippen LogP contribution in [0.4, 0.5) is 0 Å². The van der Waals surface area contributed by atoms with E-state index < -0.39 is 40.9 Å². The summed E-state index contributed by atoms with van der Waals surface area (Å²) >= 11 is 0. The lowest BCUT2D eigenvalue weighted by Gasteiger charge is -2.53. The van der Waals surface area contributed by atoms with E-state index in [1.807, 2.05) is 19.9 Å². The quantitative estimate of drug-likeness (QED) is 0.525. The monoisotopic (exact) mass is 462 g/mol. The van der Waals surface area contributed by atoms with Crippen molar-refractivity contribution in [3.63, 3.8) is 0 Å². The molecule has 178 valence electrons. The van der Waals surface area contributed by atoms with Gasteiger partial charge in [0, 0.05) is 10.8 Å². The molecule has 0 aliphatic heterocycles. The van der Waals surface area contributed by atoms with Gasteiger partial charge in [-0.1, -0.05) is 42.3 Å². The maximum Gasteiger partial charge on any atom is 0.339 e. The van der Waals surface area contributed by atoms with Gasteiger partial charge in [-0.2, -0.15) is 0 Å². The highest BCUT2D eigenvalue weighted by Gasteiger charge is 2.67.